The molecule has 8 nitrogen and oxygen atoms in total. The Labute approximate surface area is 170 Å². The molecule has 1 aliphatic rings. The fraction of sp³-hybridized carbons (Fsp3) is 0.278. The van der Waals surface area contributed by atoms with Crippen molar-refractivity contribution < 1.29 is 19.2 Å². The lowest BCUT2D eigenvalue weighted by molar-refractivity contribution is -0.142. The van der Waals surface area contributed by atoms with E-state index in [0.717, 1.165) is 15.4 Å². The highest BCUT2D eigenvalue weighted by Crippen LogP contribution is 2.29. The predicted octanol–water partition coefficient (Wildman–Crippen LogP) is 2.31. The molecule has 0 saturated carbocycles. The summed E-state index contributed by atoms with van der Waals surface area (Å²) in [7, 11) is 1.26. The molecule has 3 rings (SSSR count). The van der Waals surface area contributed by atoms with Crippen LogP contribution in [0.3, 0.4) is 0 Å². The summed E-state index contributed by atoms with van der Waals surface area (Å²) in [5.74, 6) is -1.97. The topological polar surface area (TPSA) is 99.7 Å². The molecule has 0 radical (unpaired) electrons. The minimum Gasteiger partial charge on any atom is -0.351 e. The zero-order valence-corrected chi connectivity index (χ0v) is 16.8. The number of halogens is 1. The number of hydrogen-bond acceptors (Lipinski definition) is 6. The zero-order chi connectivity index (χ0) is 20.4. The molecule has 10 heteroatoms. The molecular formula is C18H17ClN4O4S. The first-order valence-corrected chi connectivity index (χ1v) is 9.64. The maximum Gasteiger partial charge on any atom is 0.333 e. The Bertz CT molecular complexity index is 974. The Morgan fingerprint density at radius 2 is 2.00 bits per heavy atom. The van der Waals surface area contributed by atoms with Crippen molar-refractivity contribution in [2.75, 3.05) is 20.1 Å². The number of hydrogen-bond donors (Lipinski definition) is 1. The van der Waals surface area contributed by atoms with Crippen LogP contribution in [0.2, 0.25) is 5.02 Å². The molecule has 1 N–H and O–H groups in total. The summed E-state index contributed by atoms with van der Waals surface area (Å²) in [5, 5.41) is 4.03. The van der Waals surface area contributed by atoms with E-state index in [4.69, 9.17) is 11.6 Å². The number of carbonyl (C=O) groups is 4. The number of likely N-dealkylation sites (N-methyl/N-ethyl adjacent to an activating group) is 1. The highest BCUT2D eigenvalue weighted by Gasteiger charge is 2.41. The van der Waals surface area contributed by atoms with Gasteiger partial charge in [-0.3, -0.25) is 24.2 Å². The lowest BCUT2D eigenvalue weighted by Crippen LogP contribution is -2.34. The molecule has 1 fully saturated rings. The zero-order valence-electron chi connectivity index (χ0n) is 15.2. The van der Waals surface area contributed by atoms with Crippen molar-refractivity contribution in [2.45, 2.75) is 13.3 Å². The first-order valence-electron chi connectivity index (χ1n) is 8.44. The fourth-order valence-electron chi connectivity index (χ4n) is 2.68. The summed E-state index contributed by atoms with van der Waals surface area (Å²) in [5.41, 5.74) is 1.44. The van der Waals surface area contributed by atoms with E-state index in [1.807, 2.05) is 12.1 Å². The summed E-state index contributed by atoms with van der Waals surface area (Å²) in [6.07, 6.45) is 0.337. The van der Waals surface area contributed by atoms with Crippen LogP contribution in [0.4, 0.5) is 4.79 Å². The van der Waals surface area contributed by atoms with Crippen LogP contribution < -0.4 is 5.32 Å². The van der Waals surface area contributed by atoms with Gasteiger partial charge in [0.05, 0.1) is 5.69 Å². The van der Waals surface area contributed by atoms with E-state index in [-0.39, 0.29) is 19.0 Å². The standard InChI is InChI=1S/C18H17ClN4O4S/c1-10-13(28-15(21-10)11-5-3-6-12(19)9-11)14(24)20-7-4-8-23-17(26)16(25)22(2)18(23)27/h3,5-6,9H,4,7-8H2,1-2H3,(H,20,24). The molecule has 1 aromatic heterocycles. The van der Waals surface area contributed by atoms with E-state index in [1.165, 1.54) is 18.4 Å². The Kier molecular flexibility index (Phi) is 5.76. The largest absolute Gasteiger partial charge is 0.351 e. The molecule has 1 saturated heterocycles. The lowest BCUT2D eigenvalue weighted by atomic mass is 10.2. The van der Waals surface area contributed by atoms with Crippen LogP contribution in [0.5, 0.6) is 0 Å². The molecule has 0 unspecified atom stereocenters. The molecule has 0 atom stereocenters. The van der Waals surface area contributed by atoms with Crippen LogP contribution in [-0.4, -0.2) is 58.7 Å². The third-order valence-electron chi connectivity index (χ3n) is 4.17. The predicted molar refractivity (Wildman–Crippen MR) is 104 cm³/mol. The quantitative estimate of drug-likeness (QED) is 0.439. The van der Waals surface area contributed by atoms with Crippen LogP contribution in [0.1, 0.15) is 21.8 Å². The normalized spacial score (nSPS) is 14.2. The van der Waals surface area contributed by atoms with Crippen LogP contribution in [0.15, 0.2) is 24.3 Å². The Hall–Kier alpha value is -2.78. The summed E-state index contributed by atoms with van der Waals surface area (Å²) >= 11 is 7.26. The van der Waals surface area contributed by atoms with Gasteiger partial charge in [-0.2, -0.15) is 0 Å². The van der Waals surface area contributed by atoms with Gasteiger partial charge in [0.2, 0.25) is 0 Å². The second-order valence-corrected chi connectivity index (χ2v) is 7.59. The number of benzene rings is 1. The highest BCUT2D eigenvalue weighted by molar-refractivity contribution is 7.17. The number of nitrogens with zero attached hydrogens (tertiary/aromatic N) is 3. The van der Waals surface area contributed by atoms with Gasteiger partial charge in [0.15, 0.2) is 0 Å². The first-order chi connectivity index (χ1) is 13.3. The second kappa shape index (κ2) is 8.07. The number of aromatic nitrogens is 1. The average Bonchev–Trinajstić information content (AvgIpc) is 3.14. The molecule has 146 valence electrons. The van der Waals surface area contributed by atoms with E-state index in [2.05, 4.69) is 10.3 Å². The van der Waals surface area contributed by atoms with Crippen LogP contribution in [0.25, 0.3) is 10.6 Å². The third kappa shape index (κ3) is 3.90. The van der Waals surface area contributed by atoms with Crippen molar-refractivity contribution in [3.05, 3.63) is 39.9 Å². The fourth-order valence-corrected chi connectivity index (χ4v) is 3.85. The summed E-state index contributed by atoms with van der Waals surface area (Å²) in [6, 6.07) is 6.58. The van der Waals surface area contributed by atoms with E-state index in [1.54, 1.807) is 19.1 Å². The molecular weight excluding hydrogens is 404 g/mol. The molecule has 2 aromatic rings. The molecule has 5 amide bonds. The minimum atomic E-state index is -0.845. The maximum atomic E-state index is 12.4. The van der Waals surface area contributed by atoms with Gasteiger partial charge in [-0.1, -0.05) is 23.7 Å². The molecule has 0 bridgehead atoms. The van der Waals surface area contributed by atoms with Gasteiger partial charge in [-0.15, -0.1) is 11.3 Å². The van der Waals surface area contributed by atoms with E-state index < -0.39 is 17.8 Å². The van der Waals surface area contributed by atoms with Gasteiger partial charge in [0, 0.05) is 30.7 Å². The van der Waals surface area contributed by atoms with Crippen LogP contribution in [-0.2, 0) is 9.59 Å². The SMILES string of the molecule is Cc1nc(-c2cccc(Cl)c2)sc1C(=O)NCCCN1C(=O)C(=O)N(C)C1=O. The van der Waals surface area contributed by atoms with Gasteiger partial charge in [-0.25, -0.2) is 9.78 Å². The smallest absolute Gasteiger partial charge is 0.333 e. The second-order valence-electron chi connectivity index (χ2n) is 6.16. The van der Waals surface area contributed by atoms with Gasteiger partial charge < -0.3 is 5.32 Å². The third-order valence-corrected chi connectivity index (χ3v) is 5.61. The summed E-state index contributed by atoms with van der Waals surface area (Å²) < 4.78 is 0. The van der Waals surface area contributed by atoms with Crippen molar-refractivity contribution in [1.82, 2.24) is 20.1 Å². The van der Waals surface area contributed by atoms with Gasteiger partial charge >= 0.3 is 17.8 Å². The Morgan fingerprint density at radius 3 is 2.64 bits per heavy atom. The number of carbonyl (C=O) groups excluding carboxylic acids is 4. The number of imide groups is 2. The molecule has 0 aliphatic carbocycles. The van der Waals surface area contributed by atoms with E-state index >= 15 is 0 Å². The molecule has 2 heterocycles. The van der Waals surface area contributed by atoms with Crippen molar-refractivity contribution in [1.29, 1.82) is 0 Å². The van der Waals surface area contributed by atoms with Crippen LogP contribution >= 0.6 is 22.9 Å². The number of aryl methyl sites for hydroxylation is 1. The van der Waals surface area contributed by atoms with Crippen LogP contribution in [0, 0.1) is 6.92 Å². The number of nitrogens with one attached hydrogen (secondary N) is 1. The number of amides is 5. The van der Waals surface area contributed by atoms with E-state index in [9.17, 15) is 19.2 Å². The van der Waals surface area contributed by atoms with Gasteiger partial charge in [-0.05, 0) is 25.5 Å². The first kappa shape index (κ1) is 20.0. The Morgan fingerprint density at radius 1 is 1.25 bits per heavy atom. The number of urea groups is 1. The van der Waals surface area contributed by atoms with Crippen molar-refractivity contribution >= 4 is 46.7 Å². The highest BCUT2D eigenvalue weighted by atomic mass is 35.5. The summed E-state index contributed by atoms with van der Waals surface area (Å²) in [4.78, 5) is 53.9. The molecule has 1 aliphatic heterocycles. The molecule has 0 spiro atoms. The summed E-state index contributed by atoms with van der Waals surface area (Å²) in [6.45, 7) is 2.06. The van der Waals surface area contributed by atoms with Gasteiger partial charge in [0.25, 0.3) is 5.91 Å². The molecule has 28 heavy (non-hydrogen) atoms. The van der Waals surface area contributed by atoms with Gasteiger partial charge in [0.1, 0.15) is 9.88 Å². The number of rotatable bonds is 6. The van der Waals surface area contributed by atoms with Crippen molar-refractivity contribution in [3.63, 3.8) is 0 Å². The average molecular weight is 421 g/mol. The monoisotopic (exact) mass is 420 g/mol. The van der Waals surface area contributed by atoms with E-state index in [0.29, 0.717) is 27.0 Å². The lowest BCUT2D eigenvalue weighted by Gasteiger charge is -2.12. The number of thiazole rings is 1. The Balaban J connectivity index is 1.57. The minimum absolute atomic E-state index is 0.0590. The maximum absolute atomic E-state index is 12.4. The van der Waals surface area contributed by atoms with Crippen molar-refractivity contribution in [3.8, 4) is 10.6 Å². The van der Waals surface area contributed by atoms with Crippen molar-refractivity contribution in [2.24, 2.45) is 0 Å². The molecule has 1 aromatic carbocycles.